The number of carbonyl (C=O) groups excluding carboxylic acids is 3. The van der Waals surface area contributed by atoms with Crippen molar-refractivity contribution in [2.24, 2.45) is 11.5 Å². The fourth-order valence-corrected chi connectivity index (χ4v) is 2.86. The van der Waals surface area contributed by atoms with Crippen molar-refractivity contribution in [3.8, 4) is 0 Å². The van der Waals surface area contributed by atoms with E-state index in [9.17, 15) is 29.4 Å². The Balaban J connectivity index is 2.99. The van der Waals surface area contributed by atoms with Crippen molar-refractivity contribution in [2.45, 2.75) is 62.9 Å². The number of aliphatic hydroxyl groups excluding tert-OH is 2. The first-order valence-electron chi connectivity index (χ1n) is 10.5. The van der Waals surface area contributed by atoms with E-state index in [1.54, 1.807) is 0 Å². The number of rotatable bonds is 15. The molecule has 5 unspecified atom stereocenters. The van der Waals surface area contributed by atoms with E-state index < -0.39 is 60.6 Å². The Bertz CT molecular complexity index is 773. The number of nitrogens with one attached hydrogen (secondary N) is 4. The minimum atomic E-state index is -1.48. The predicted molar refractivity (Wildman–Crippen MR) is 115 cm³/mol. The first-order chi connectivity index (χ1) is 15.6. The highest BCUT2D eigenvalue weighted by Crippen LogP contribution is 2.05. The van der Waals surface area contributed by atoms with Gasteiger partial charge in [0.05, 0.1) is 19.0 Å². The molecule has 0 saturated carbocycles. The Morgan fingerprint density at radius 3 is 2.27 bits per heavy atom. The van der Waals surface area contributed by atoms with Crippen LogP contribution in [0.5, 0.6) is 0 Å². The summed E-state index contributed by atoms with van der Waals surface area (Å²) in [6.45, 7) is 0.952. The molecular formula is C19H33N7O7. The Labute approximate surface area is 190 Å². The lowest BCUT2D eigenvalue weighted by Gasteiger charge is -2.26. The second-order valence-electron chi connectivity index (χ2n) is 7.54. The maximum absolute atomic E-state index is 12.9. The highest BCUT2D eigenvalue weighted by Gasteiger charge is 2.32. The summed E-state index contributed by atoms with van der Waals surface area (Å²) in [5.74, 6) is -3.79. The van der Waals surface area contributed by atoms with Gasteiger partial charge in [0.2, 0.25) is 17.7 Å². The quantitative estimate of drug-likeness (QED) is 0.113. The number of nitrogens with zero attached hydrogens (tertiary/aromatic N) is 1. The van der Waals surface area contributed by atoms with Crippen molar-refractivity contribution in [3.05, 3.63) is 18.2 Å². The van der Waals surface area contributed by atoms with Crippen molar-refractivity contribution in [1.82, 2.24) is 25.9 Å². The van der Waals surface area contributed by atoms with Gasteiger partial charge >= 0.3 is 5.97 Å². The number of carbonyl (C=O) groups is 4. The average molecular weight is 472 g/mol. The van der Waals surface area contributed by atoms with Crippen molar-refractivity contribution >= 4 is 23.7 Å². The monoisotopic (exact) mass is 471 g/mol. The third-order valence-corrected chi connectivity index (χ3v) is 4.77. The second-order valence-corrected chi connectivity index (χ2v) is 7.54. The maximum atomic E-state index is 12.9. The molecular weight excluding hydrogens is 438 g/mol. The van der Waals surface area contributed by atoms with E-state index in [-0.39, 0.29) is 12.8 Å². The molecule has 0 bridgehead atoms. The fourth-order valence-electron chi connectivity index (χ4n) is 2.86. The molecule has 5 atom stereocenters. The number of imidazole rings is 1. The van der Waals surface area contributed by atoms with Crippen LogP contribution in [0.1, 0.15) is 31.9 Å². The van der Waals surface area contributed by atoms with Crippen molar-refractivity contribution < 1.29 is 34.5 Å². The molecule has 1 aromatic heterocycles. The normalized spacial score (nSPS) is 15.5. The van der Waals surface area contributed by atoms with E-state index in [4.69, 9.17) is 16.6 Å². The molecule has 0 aromatic carbocycles. The topological polar surface area (TPSA) is 246 Å². The number of hydrogen-bond donors (Lipinski definition) is 9. The summed E-state index contributed by atoms with van der Waals surface area (Å²) >= 11 is 0. The van der Waals surface area contributed by atoms with Crippen LogP contribution < -0.4 is 27.4 Å². The largest absolute Gasteiger partial charge is 0.480 e. The minimum Gasteiger partial charge on any atom is -0.480 e. The van der Waals surface area contributed by atoms with Gasteiger partial charge in [-0.05, 0) is 32.7 Å². The van der Waals surface area contributed by atoms with Gasteiger partial charge in [-0.1, -0.05) is 0 Å². The van der Waals surface area contributed by atoms with Crippen molar-refractivity contribution in [1.29, 1.82) is 0 Å². The lowest BCUT2D eigenvalue weighted by atomic mass is 10.1. The molecule has 14 nitrogen and oxygen atoms in total. The molecule has 33 heavy (non-hydrogen) atoms. The van der Waals surface area contributed by atoms with Gasteiger partial charge in [-0.3, -0.25) is 14.4 Å². The van der Waals surface area contributed by atoms with Crippen molar-refractivity contribution in [2.75, 3.05) is 13.2 Å². The van der Waals surface area contributed by atoms with Gasteiger partial charge in [0.25, 0.3) is 0 Å². The number of aliphatic hydroxyl groups is 2. The Kier molecular flexibility index (Phi) is 12.0. The van der Waals surface area contributed by atoms with Gasteiger partial charge in [0.1, 0.15) is 24.2 Å². The SMILES string of the molecule is CC(O)C(NC(=O)C(N)CO)C(=O)NC(Cc1cnc[nH]1)C(=O)NC(CCCCN)C(=O)O. The van der Waals surface area contributed by atoms with Gasteiger partial charge in [-0.2, -0.15) is 0 Å². The molecule has 0 radical (unpaired) electrons. The van der Waals surface area contributed by atoms with E-state index in [1.165, 1.54) is 19.4 Å². The number of aromatic amines is 1. The first kappa shape index (κ1) is 28.0. The number of H-pyrrole nitrogens is 1. The average Bonchev–Trinajstić information content (AvgIpc) is 3.28. The molecule has 0 saturated heterocycles. The van der Waals surface area contributed by atoms with Crippen LogP contribution in [0.3, 0.4) is 0 Å². The lowest BCUT2D eigenvalue weighted by molar-refractivity contribution is -0.142. The molecule has 186 valence electrons. The number of unbranched alkanes of at least 4 members (excludes halogenated alkanes) is 1. The van der Waals surface area contributed by atoms with Gasteiger partial charge < -0.3 is 47.7 Å². The number of aromatic nitrogens is 2. The maximum Gasteiger partial charge on any atom is 0.326 e. The number of nitrogens with two attached hydrogens (primary N) is 2. The van der Waals surface area contributed by atoms with Gasteiger partial charge in [-0.15, -0.1) is 0 Å². The molecule has 11 N–H and O–H groups in total. The zero-order valence-electron chi connectivity index (χ0n) is 18.4. The number of amides is 3. The molecule has 1 heterocycles. The summed E-state index contributed by atoms with van der Waals surface area (Å²) in [7, 11) is 0. The minimum absolute atomic E-state index is 0.0661. The second kappa shape index (κ2) is 14.2. The highest BCUT2D eigenvalue weighted by atomic mass is 16.4. The predicted octanol–water partition coefficient (Wildman–Crippen LogP) is -3.68. The molecule has 1 rings (SSSR count). The molecule has 0 aliphatic rings. The Hall–Kier alpha value is -3.07. The molecule has 0 aliphatic carbocycles. The summed E-state index contributed by atoms with van der Waals surface area (Å²) in [4.78, 5) is 55.8. The molecule has 14 heteroatoms. The van der Waals surface area contributed by atoms with Crippen LogP contribution in [0.4, 0.5) is 0 Å². The van der Waals surface area contributed by atoms with Crippen LogP contribution in [-0.4, -0.2) is 92.4 Å². The molecule has 1 aromatic rings. The molecule has 0 spiro atoms. The smallest absolute Gasteiger partial charge is 0.326 e. The van der Waals surface area contributed by atoms with Crippen LogP contribution in [0.2, 0.25) is 0 Å². The third-order valence-electron chi connectivity index (χ3n) is 4.77. The van der Waals surface area contributed by atoms with E-state index in [2.05, 4.69) is 25.9 Å². The zero-order valence-corrected chi connectivity index (χ0v) is 18.4. The van der Waals surface area contributed by atoms with Crippen LogP contribution in [0.25, 0.3) is 0 Å². The van der Waals surface area contributed by atoms with Gasteiger partial charge in [0, 0.05) is 18.3 Å². The summed E-state index contributed by atoms with van der Waals surface area (Å²) in [6.07, 6.45) is 2.58. The number of hydrogen-bond acceptors (Lipinski definition) is 9. The molecule has 0 fully saturated rings. The fraction of sp³-hybridized carbons (Fsp3) is 0.632. The van der Waals surface area contributed by atoms with E-state index in [1.807, 2.05) is 0 Å². The van der Waals surface area contributed by atoms with E-state index in [0.29, 0.717) is 25.1 Å². The van der Waals surface area contributed by atoms with Crippen LogP contribution in [-0.2, 0) is 25.6 Å². The van der Waals surface area contributed by atoms with Crippen LogP contribution >= 0.6 is 0 Å². The van der Waals surface area contributed by atoms with Gasteiger partial charge in [0.15, 0.2) is 0 Å². The molecule has 0 aliphatic heterocycles. The molecule has 3 amide bonds. The van der Waals surface area contributed by atoms with E-state index >= 15 is 0 Å². The third kappa shape index (κ3) is 9.53. The highest BCUT2D eigenvalue weighted by molar-refractivity contribution is 5.94. The van der Waals surface area contributed by atoms with Crippen LogP contribution in [0, 0.1) is 0 Å². The number of carboxylic acid groups (broad SMARTS) is 1. The lowest BCUT2D eigenvalue weighted by Crippen LogP contribution is -2.60. The standard InChI is InChI=1S/C19H33N7O7/c1-10(28)15(26-16(29)12(21)8-27)18(31)25-14(6-11-7-22-9-23-11)17(30)24-13(19(32)33)4-2-3-5-20/h7,9-10,12-15,27-28H,2-6,8,20-21H2,1H3,(H,22,23)(H,24,30)(H,25,31)(H,26,29)(H,32,33). The van der Waals surface area contributed by atoms with Crippen LogP contribution in [0.15, 0.2) is 12.5 Å². The Morgan fingerprint density at radius 2 is 1.76 bits per heavy atom. The van der Waals surface area contributed by atoms with Crippen molar-refractivity contribution in [3.63, 3.8) is 0 Å². The van der Waals surface area contributed by atoms with Gasteiger partial charge in [-0.25, -0.2) is 9.78 Å². The summed E-state index contributed by atoms with van der Waals surface area (Å²) in [5.41, 5.74) is 11.3. The summed E-state index contributed by atoms with van der Waals surface area (Å²) in [5, 5.41) is 35.4. The number of aliphatic carboxylic acids is 1. The van der Waals surface area contributed by atoms with E-state index in [0.717, 1.165) is 0 Å². The first-order valence-corrected chi connectivity index (χ1v) is 10.5. The number of carboxylic acids is 1. The summed E-state index contributed by atoms with van der Waals surface area (Å²) < 4.78 is 0. The summed E-state index contributed by atoms with van der Waals surface area (Å²) in [6, 6.07) is -5.24. The zero-order chi connectivity index (χ0) is 25.0. The Morgan fingerprint density at radius 1 is 1.09 bits per heavy atom.